The Kier molecular flexibility index (Phi) is 2.59. The van der Waals surface area contributed by atoms with Crippen LogP contribution in [0.3, 0.4) is 0 Å². The van der Waals surface area contributed by atoms with Crippen molar-refractivity contribution in [3.63, 3.8) is 0 Å². The first kappa shape index (κ1) is 11.3. The van der Waals surface area contributed by atoms with E-state index in [9.17, 15) is 0 Å². The third-order valence-electron chi connectivity index (χ3n) is 3.07. The van der Waals surface area contributed by atoms with E-state index in [2.05, 4.69) is 36.5 Å². The van der Waals surface area contributed by atoms with E-state index < -0.39 is 0 Å². The molecule has 92 valence electrons. The van der Waals surface area contributed by atoms with Gasteiger partial charge in [-0.15, -0.1) is 11.3 Å². The predicted molar refractivity (Wildman–Crippen MR) is 75.8 cm³/mol. The predicted octanol–water partition coefficient (Wildman–Crippen LogP) is 4.26. The van der Waals surface area contributed by atoms with Crippen LogP contribution in [0.2, 0.25) is 0 Å². The van der Waals surface area contributed by atoms with Crippen LogP contribution in [0.25, 0.3) is 21.3 Å². The van der Waals surface area contributed by atoms with Crippen molar-refractivity contribution in [1.29, 1.82) is 0 Å². The second kappa shape index (κ2) is 4.14. The summed E-state index contributed by atoms with van der Waals surface area (Å²) in [6, 6.07) is 8.30. The highest BCUT2D eigenvalue weighted by Crippen LogP contribution is 2.39. The van der Waals surface area contributed by atoms with E-state index in [1.807, 2.05) is 12.1 Å². The highest BCUT2D eigenvalue weighted by Gasteiger charge is 2.20. The van der Waals surface area contributed by atoms with Crippen LogP contribution in [-0.4, -0.2) is 5.16 Å². The number of nitrogen functional groups attached to an aromatic ring is 1. The van der Waals surface area contributed by atoms with Gasteiger partial charge in [0.05, 0.1) is 0 Å². The first-order chi connectivity index (χ1) is 8.68. The van der Waals surface area contributed by atoms with Gasteiger partial charge in [-0.05, 0) is 12.0 Å². The Morgan fingerprint density at radius 1 is 1.28 bits per heavy atom. The van der Waals surface area contributed by atoms with Crippen LogP contribution < -0.4 is 5.73 Å². The lowest BCUT2D eigenvalue weighted by atomic mass is 9.98. The minimum atomic E-state index is 0.296. The number of hydrogen-bond donors (Lipinski definition) is 1. The SMILES string of the molecule is CC(C)c1c(-c2csc3ccccc23)noc1N. The number of nitrogens with two attached hydrogens (primary N) is 1. The van der Waals surface area contributed by atoms with Crippen molar-refractivity contribution >= 4 is 27.3 Å². The van der Waals surface area contributed by atoms with Gasteiger partial charge in [-0.25, -0.2) is 0 Å². The molecule has 0 aliphatic rings. The van der Waals surface area contributed by atoms with Crippen molar-refractivity contribution in [1.82, 2.24) is 5.16 Å². The zero-order chi connectivity index (χ0) is 12.7. The van der Waals surface area contributed by atoms with Crippen LogP contribution in [0.15, 0.2) is 34.2 Å². The molecule has 3 nitrogen and oxygen atoms in total. The van der Waals surface area contributed by atoms with Crippen molar-refractivity contribution in [2.45, 2.75) is 19.8 Å². The van der Waals surface area contributed by atoms with Crippen LogP contribution in [0, 0.1) is 0 Å². The molecule has 0 spiro atoms. The molecule has 3 aromatic rings. The van der Waals surface area contributed by atoms with E-state index in [0.29, 0.717) is 11.8 Å². The fourth-order valence-electron chi connectivity index (χ4n) is 2.22. The van der Waals surface area contributed by atoms with E-state index in [-0.39, 0.29) is 0 Å². The summed E-state index contributed by atoms with van der Waals surface area (Å²) in [5.74, 6) is 0.722. The number of hydrogen-bond acceptors (Lipinski definition) is 4. The highest BCUT2D eigenvalue weighted by molar-refractivity contribution is 7.17. The molecule has 0 saturated heterocycles. The molecule has 0 unspecified atom stereocenters. The molecule has 0 amide bonds. The van der Waals surface area contributed by atoms with E-state index >= 15 is 0 Å². The Hall–Kier alpha value is -1.81. The Balaban J connectivity index is 2.27. The van der Waals surface area contributed by atoms with Crippen LogP contribution in [0.4, 0.5) is 5.88 Å². The molecule has 0 radical (unpaired) electrons. The Bertz CT molecular complexity index is 697. The van der Waals surface area contributed by atoms with Gasteiger partial charge in [-0.1, -0.05) is 37.2 Å². The van der Waals surface area contributed by atoms with Crippen LogP contribution in [0.5, 0.6) is 0 Å². The molecule has 0 saturated carbocycles. The molecule has 2 heterocycles. The molecule has 0 fully saturated rings. The summed E-state index contributed by atoms with van der Waals surface area (Å²) in [5, 5.41) is 7.46. The maximum absolute atomic E-state index is 5.87. The van der Waals surface area contributed by atoms with Crippen molar-refractivity contribution < 1.29 is 4.52 Å². The van der Waals surface area contributed by atoms with Crippen molar-refractivity contribution in [2.75, 3.05) is 5.73 Å². The van der Waals surface area contributed by atoms with Gasteiger partial charge in [-0.2, -0.15) is 0 Å². The summed E-state index contributed by atoms with van der Waals surface area (Å²) < 4.78 is 6.42. The summed E-state index contributed by atoms with van der Waals surface area (Å²) in [6.07, 6.45) is 0. The van der Waals surface area contributed by atoms with Gasteiger partial charge in [0.25, 0.3) is 0 Å². The van der Waals surface area contributed by atoms with Gasteiger partial charge in [0.15, 0.2) is 0 Å². The lowest BCUT2D eigenvalue weighted by Crippen LogP contribution is -1.94. The molecule has 0 aliphatic carbocycles. The first-order valence-electron chi connectivity index (χ1n) is 5.90. The van der Waals surface area contributed by atoms with Gasteiger partial charge in [0.1, 0.15) is 5.69 Å². The molecular formula is C14H14N2OS. The van der Waals surface area contributed by atoms with Crippen LogP contribution in [0.1, 0.15) is 25.3 Å². The largest absolute Gasteiger partial charge is 0.367 e. The summed E-state index contributed by atoms with van der Waals surface area (Å²) >= 11 is 1.72. The van der Waals surface area contributed by atoms with Gasteiger partial charge in [0, 0.05) is 26.6 Å². The number of aromatic nitrogens is 1. The maximum Gasteiger partial charge on any atom is 0.226 e. The second-order valence-corrected chi connectivity index (χ2v) is 5.52. The lowest BCUT2D eigenvalue weighted by Gasteiger charge is -2.04. The molecule has 1 aromatic carbocycles. The van der Waals surface area contributed by atoms with Crippen LogP contribution >= 0.6 is 11.3 Å². The topological polar surface area (TPSA) is 52.0 Å². The average molecular weight is 258 g/mol. The summed E-state index contributed by atoms with van der Waals surface area (Å²) in [4.78, 5) is 0. The zero-order valence-electron chi connectivity index (χ0n) is 10.3. The van der Waals surface area contributed by atoms with Crippen LogP contribution in [-0.2, 0) is 0 Å². The Morgan fingerprint density at radius 3 is 2.83 bits per heavy atom. The minimum absolute atomic E-state index is 0.296. The number of anilines is 1. The molecule has 2 N–H and O–H groups in total. The Labute approximate surface area is 109 Å². The summed E-state index contributed by atoms with van der Waals surface area (Å²) in [6.45, 7) is 4.20. The summed E-state index contributed by atoms with van der Waals surface area (Å²) in [5.41, 5.74) is 8.85. The first-order valence-corrected chi connectivity index (χ1v) is 6.78. The minimum Gasteiger partial charge on any atom is -0.367 e. The quantitative estimate of drug-likeness (QED) is 0.747. The molecule has 4 heteroatoms. The third-order valence-corrected chi connectivity index (χ3v) is 4.03. The Morgan fingerprint density at radius 2 is 2.06 bits per heavy atom. The summed E-state index contributed by atoms with van der Waals surface area (Å²) in [7, 11) is 0. The van der Waals surface area contributed by atoms with E-state index in [0.717, 1.165) is 16.8 Å². The standard InChI is InChI=1S/C14H14N2OS/c1-8(2)12-13(16-17-14(12)15)10-7-18-11-6-4-3-5-9(10)11/h3-8H,15H2,1-2H3. The van der Waals surface area contributed by atoms with E-state index in [4.69, 9.17) is 10.3 Å². The number of rotatable bonds is 2. The van der Waals surface area contributed by atoms with Crippen molar-refractivity contribution in [2.24, 2.45) is 0 Å². The second-order valence-electron chi connectivity index (χ2n) is 4.61. The van der Waals surface area contributed by atoms with Gasteiger partial charge in [0.2, 0.25) is 5.88 Å². The molecule has 2 aromatic heterocycles. The molecule has 0 bridgehead atoms. The van der Waals surface area contributed by atoms with Gasteiger partial charge >= 0.3 is 0 Å². The van der Waals surface area contributed by atoms with E-state index in [1.54, 1.807) is 11.3 Å². The molecule has 0 atom stereocenters. The third kappa shape index (κ3) is 1.61. The number of benzene rings is 1. The van der Waals surface area contributed by atoms with Crippen molar-refractivity contribution in [3.8, 4) is 11.3 Å². The highest BCUT2D eigenvalue weighted by atomic mass is 32.1. The molecular weight excluding hydrogens is 244 g/mol. The molecule has 0 aliphatic heterocycles. The maximum atomic E-state index is 5.87. The monoisotopic (exact) mass is 258 g/mol. The van der Waals surface area contributed by atoms with Gasteiger partial charge < -0.3 is 10.3 Å². The van der Waals surface area contributed by atoms with Crippen molar-refractivity contribution in [3.05, 3.63) is 35.2 Å². The average Bonchev–Trinajstić information content (AvgIpc) is 2.92. The number of nitrogens with zero attached hydrogens (tertiary/aromatic N) is 1. The molecule has 18 heavy (non-hydrogen) atoms. The zero-order valence-corrected chi connectivity index (χ0v) is 11.1. The normalized spacial score (nSPS) is 11.5. The fraction of sp³-hybridized carbons (Fsp3) is 0.214. The number of fused-ring (bicyclic) bond motifs is 1. The number of thiophene rings is 1. The molecule has 3 rings (SSSR count). The fourth-order valence-corrected chi connectivity index (χ4v) is 3.17. The lowest BCUT2D eigenvalue weighted by molar-refractivity contribution is 0.438. The van der Waals surface area contributed by atoms with E-state index in [1.165, 1.54) is 10.1 Å². The smallest absolute Gasteiger partial charge is 0.226 e. The van der Waals surface area contributed by atoms with Gasteiger partial charge in [-0.3, -0.25) is 0 Å².